The van der Waals surface area contributed by atoms with Crippen LogP contribution in [0.5, 0.6) is 0 Å². The Bertz CT molecular complexity index is 897. The molecule has 27 heavy (non-hydrogen) atoms. The van der Waals surface area contributed by atoms with E-state index < -0.39 is 25.9 Å². The van der Waals surface area contributed by atoms with E-state index in [1.807, 2.05) is 6.07 Å². The number of halogens is 3. The monoisotopic (exact) mass is 399 g/mol. The van der Waals surface area contributed by atoms with Gasteiger partial charge in [0.25, 0.3) is 0 Å². The van der Waals surface area contributed by atoms with Crippen LogP contribution in [0, 0.1) is 5.82 Å². The van der Waals surface area contributed by atoms with Gasteiger partial charge < -0.3 is 10.1 Å². The van der Waals surface area contributed by atoms with Gasteiger partial charge in [0, 0.05) is 25.2 Å². The molecule has 0 aliphatic carbocycles. The fourth-order valence-corrected chi connectivity index (χ4v) is 4.28. The Kier molecular flexibility index (Phi) is 5.76. The first kappa shape index (κ1) is 19.7. The van der Waals surface area contributed by atoms with E-state index in [2.05, 4.69) is 5.32 Å². The third-order valence-corrected chi connectivity index (χ3v) is 6.37. The molecule has 0 saturated carbocycles. The zero-order valence-electron chi connectivity index (χ0n) is 14.5. The maximum absolute atomic E-state index is 13.8. The molecule has 1 heterocycles. The number of sulfone groups is 1. The molecule has 0 spiro atoms. The average molecular weight is 399 g/mol. The maximum Gasteiger partial charge on any atom is 0.341 e. The van der Waals surface area contributed by atoms with Gasteiger partial charge in [0.15, 0.2) is 0 Å². The first-order chi connectivity index (χ1) is 12.8. The highest BCUT2D eigenvalue weighted by Gasteiger charge is 2.36. The molecule has 146 valence electrons. The first-order valence-corrected chi connectivity index (χ1v) is 10.1. The predicted octanol–water partition coefficient (Wildman–Crippen LogP) is 3.98. The highest BCUT2D eigenvalue weighted by Crippen LogP contribution is 2.36. The second kappa shape index (κ2) is 7.90. The molecule has 0 amide bonds. The van der Waals surface area contributed by atoms with Crippen LogP contribution in [0.2, 0.25) is 0 Å². The normalized spacial score (nSPS) is 17.0. The summed E-state index contributed by atoms with van der Waals surface area (Å²) in [4.78, 5) is -0.443. The van der Waals surface area contributed by atoms with Crippen LogP contribution in [0.25, 0.3) is 0 Å². The number of para-hydroxylation sites is 1. The van der Waals surface area contributed by atoms with Crippen molar-refractivity contribution >= 4 is 15.5 Å². The van der Waals surface area contributed by atoms with Crippen molar-refractivity contribution in [3.8, 4) is 0 Å². The Hall–Kier alpha value is -2.06. The Labute approximate surface area is 156 Å². The van der Waals surface area contributed by atoms with Crippen LogP contribution in [0.15, 0.2) is 53.4 Å². The highest BCUT2D eigenvalue weighted by atomic mass is 32.2. The Morgan fingerprint density at radius 1 is 1.07 bits per heavy atom. The standard InChI is InChI=1S/C19H20F3NO3S/c20-15-5-3-4-14(12-15)19(8-10-26-11-9-19)13-23-16-6-1-2-7-17(16)27(24,25)18(21)22/h1-7,12,18,23H,8-11,13H2. The van der Waals surface area contributed by atoms with Gasteiger partial charge in [-0.15, -0.1) is 0 Å². The number of benzene rings is 2. The average Bonchev–Trinajstić information content (AvgIpc) is 2.67. The summed E-state index contributed by atoms with van der Waals surface area (Å²) < 4.78 is 69.0. The summed E-state index contributed by atoms with van der Waals surface area (Å²) in [7, 11) is -4.73. The van der Waals surface area contributed by atoms with Crippen molar-refractivity contribution in [2.75, 3.05) is 25.1 Å². The molecular formula is C19H20F3NO3S. The molecule has 1 saturated heterocycles. The summed E-state index contributed by atoms with van der Waals surface area (Å²) in [6.07, 6.45) is 1.21. The second-order valence-electron chi connectivity index (χ2n) is 6.56. The molecule has 2 aromatic rings. The van der Waals surface area contributed by atoms with Crippen LogP contribution in [0.1, 0.15) is 18.4 Å². The van der Waals surface area contributed by atoms with Crippen LogP contribution in [-0.2, 0) is 20.0 Å². The van der Waals surface area contributed by atoms with Crippen LogP contribution >= 0.6 is 0 Å². The molecule has 3 rings (SSSR count). The highest BCUT2D eigenvalue weighted by molar-refractivity contribution is 7.91. The van der Waals surface area contributed by atoms with Crippen molar-refractivity contribution < 1.29 is 26.3 Å². The van der Waals surface area contributed by atoms with Gasteiger partial charge in [-0.1, -0.05) is 24.3 Å². The van der Waals surface area contributed by atoms with Crippen molar-refractivity contribution in [2.24, 2.45) is 0 Å². The van der Waals surface area contributed by atoms with E-state index in [4.69, 9.17) is 4.74 Å². The van der Waals surface area contributed by atoms with Crippen molar-refractivity contribution in [3.63, 3.8) is 0 Å². The molecule has 0 bridgehead atoms. The number of alkyl halides is 2. The largest absolute Gasteiger partial charge is 0.383 e. The lowest BCUT2D eigenvalue weighted by molar-refractivity contribution is 0.0543. The molecule has 0 atom stereocenters. The Balaban J connectivity index is 1.92. The molecule has 2 aromatic carbocycles. The lowest BCUT2D eigenvalue weighted by atomic mass is 9.74. The van der Waals surface area contributed by atoms with Gasteiger partial charge in [-0.25, -0.2) is 12.8 Å². The molecule has 8 heteroatoms. The lowest BCUT2D eigenvalue weighted by Crippen LogP contribution is -2.40. The number of hydrogen-bond donors (Lipinski definition) is 1. The molecule has 1 fully saturated rings. The van der Waals surface area contributed by atoms with Gasteiger partial charge in [0.1, 0.15) is 5.82 Å². The molecule has 0 unspecified atom stereocenters. The summed E-state index contributed by atoms with van der Waals surface area (Å²) in [5.41, 5.74) is 0.398. The van der Waals surface area contributed by atoms with Crippen molar-refractivity contribution in [3.05, 3.63) is 59.9 Å². The van der Waals surface area contributed by atoms with E-state index >= 15 is 0 Å². The van der Waals surface area contributed by atoms with Crippen LogP contribution < -0.4 is 5.32 Å². The SMILES string of the molecule is O=S(=O)(c1ccccc1NCC1(c2cccc(F)c2)CCOCC1)C(F)F. The van der Waals surface area contributed by atoms with Crippen LogP contribution in [0.3, 0.4) is 0 Å². The topological polar surface area (TPSA) is 55.4 Å². The molecule has 4 nitrogen and oxygen atoms in total. The van der Waals surface area contributed by atoms with Crippen molar-refractivity contribution in [1.29, 1.82) is 0 Å². The fourth-order valence-electron chi connectivity index (χ4n) is 3.37. The second-order valence-corrected chi connectivity index (χ2v) is 8.44. The van der Waals surface area contributed by atoms with E-state index in [0.29, 0.717) is 26.1 Å². The summed E-state index contributed by atoms with van der Waals surface area (Å²) in [5.74, 6) is -3.86. The summed E-state index contributed by atoms with van der Waals surface area (Å²) in [6.45, 7) is 1.24. The quantitative estimate of drug-likeness (QED) is 0.798. The van der Waals surface area contributed by atoms with E-state index in [9.17, 15) is 21.6 Å². The number of anilines is 1. The third kappa shape index (κ3) is 4.11. The minimum Gasteiger partial charge on any atom is -0.383 e. The molecular weight excluding hydrogens is 379 g/mol. The van der Waals surface area contributed by atoms with Gasteiger partial charge >= 0.3 is 5.76 Å². The predicted molar refractivity (Wildman–Crippen MR) is 96.3 cm³/mol. The molecule has 1 N–H and O–H groups in total. The number of nitrogens with one attached hydrogen (secondary N) is 1. The lowest BCUT2D eigenvalue weighted by Gasteiger charge is -2.38. The van der Waals surface area contributed by atoms with Crippen LogP contribution in [0.4, 0.5) is 18.9 Å². The van der Waals surface area contributed by atoms with E-state index in [-0.39, 0.29) is 18.0 Å². The third-order valence-electron chi connectivity index (χ3n) is 4.93. The Morgan fingerprint density at radius 2 is 1.78 bits per heavy atom. The van der Waals surface area contributed by atoms with Gasteiger partial charge in [-0.3, -0.25) is 0 Å². The van der Waals surface area contributed by atoms with Gasteiger partial charge in [0.2, 0.25) is 9.84 Å². The Morgan fingerprint density at radius 3 is 2.44 bits per heavy atom. The zero-order valence-corrected chi connectivity index (χ0v) is 15.3. The van der Waals surface area contributed by atoms with Gasteiger partial charge in [-0.05, 0) is 42.7 Å². The summed E-state index contributed by atoms with van der Waals surface area (Å²) in [6, 6.07) is 11.8. The van der Waals surface area contributed by atoms with Crippen LogP contribution in [-0.4, -0.2) is 33.9 Å². The van der Waals surface area contributed by atoms with Gasteiger partial charge in [-0.2, -0.15) is 8.78 Å². The maximum atomic E-state index is 13.8. The van der Waals surface area contributed by atoms with E-state index in [0.717, 1.165) is 11.6 Å². The summed E-state index contributed by atoms with van der Waals surface area (Å²) >= 11 is 0. The van der Waals surface area contributed by atoms with Crippen molar-refractivity contribution in [2.45, 2.75) is 28.9 Å². The minimum absolute atomic E-state index is 0.111. The number of hydrogen-bond acceptors (Lipinski definition) is 4. The van der Waals surface area contributed by atoms with Gasteiger partial charge in [0.05, 0.1) is 10.6 Å². The first-order valence-electron chi connectivity index (χ1n) is 8.54. The molecule has 0 radical (unpaired) electrons. The smallest absolute Gasteiger partial charge is 0.341 e. The fraction of sp³-hybridized carbons (Fsp3) is 0.368. The number of ether oxygens (including phenoxy) is 1. The minimum atomic E-state index is -4.73. The van der Waals surface area contributed by atoms with E-state index in [1.54, 1.807) is 12.1 Å². The molecule has 1 aliphatic heterocycles. The molecule has 1 aliphatic rings. The van der Waals surface area contributed by atoms with E-state index in [1.165, 1.54) is 24.3 Å². The summed E-state index contributed by atoms with van der Waals surface area (Å²) in [5, 5.41) is 3.01. The van der Waals surface area contributed by atoms with Crippen molar-refractivity contribution in [1.82, 2.24) is 0 Å². The number of rotatable bonds is 6. The zero-order chi connectivity index (χ0) is 19.5. The molecule has 0 aromatic heterocycles.